The van der Waals surface area contributed by atoms with E-state index in [2.05, 4.69) is 21.8 Å². The summed E-state index contributed by atoms with van der Waals surface area (Å²) in [5.41, 5.74) is 2.14. The third kappa shape index (κ3) is 3.52. The Labute approximate surface area is 126 Å². The number of hydrogen-bond donors (Lipinski definition) is 1. The number of nitrogens with zero attached hydrogens (tertiary/aromatic N) is 4. The standard InChI is InChI=1S/C14H25ClN4O/c1-10-7-18(5-6-19(10)8-11(2)20)9-13-12(3)16-17(4)14(13)15/h10-11,20H,5-9H2,1-4H3/t10-,11+/m1/s1. The molecule has 0 bridgehead atoms. The first-order chi connectivity index (χ1) is 9.38. The van der Waals surface area contributed by atoms with Gasteiger partial charge in [0.2, 0.25) is 0 Å². The molecule has 0 saturated carbocycles. The minimum absolute atomic E-state index is 0.265. The molecule has 0 aromatic carbocycles. The first kappa shape index (κ1) is 15.8. The van der Waals surface area contributed by atoms with Crippen LogP contribution in [0, 0.1) is 6.92 Å². The highest BCUT2D eigenvalue weighted by molar-refractivity contribution is 6.30. The van der Waals surface area contributed by atoms with Crippen molar-refractivity contribution in [3.8, 4) is 0 Å². The number of aromatic nitrogens is 2. The van der Waals surface area contributed by atoms with Crippen LogP contribution in [0.25, 0.3) is 0 Å². The van der Waals surface area contributed by atoms with Crippen LogP contribution in [0.1, 0.15) is 25.1 Å². The first-order valence-corrected chi connectivity index (χ1v) is 7.58. The van der Waals surface area contributed by atoms with Crippen molar-refractivity contribution < 1.29 is 5.11 Å². The zero-order chi connectivity index (χ0) is 14.9. The van der Waals surface area contributed by atoms with Crippen molar-refractivity contribution in [1.29, 1.82) is 0 Å². The van der Waals surface area contributed by atoms with Gasteiger partial charge in [0.15, 0.2) is 0 Å². The van der Waals surface area contributed by atoms with Crippen LogP contribution in [0.5, 0.6) is 0 Å². The van der Waals surface area contributed by atoms with Crippen LogP contribution in [0.4, 0.5) is 0 Å². The Balaban J connectivity index is 1.96. The van der Waals surface area contributed by atoms with Crippen molar-refractivity contribution in [2.45, 2.75) is 39.5 Å². The van der Waals surface area contributed by atoms with Crippen LogP contribution >= 0.6 is 11.6 Å². The zero-order valence-electron chi connectivity index (χ0n) is 12.8. The lowest BCUT2D eigenvalue weighted by atomic mass is 10.1. The van der Waals surface area contributed by atoms with E-state index in [1.807, 2.05) is 20.9 Å². The SMILES string of the molecule is Cc1nn(C)c(Cl)c1CN1CCN(C[C@H](C)O)[C@H](C)C1. The van der Waals surface area contributed by atoms with Crippen LogP contribution in [0.3, 0.4) is 0 Å². The molecule has 2 rings (SSSR count). The van der Waals surface area contributed by atoms with Crippen molar-refractivity contribution in [2.24, 2.45) is 7.05 Å². The molecule has 20 heavy (non-hydrogen) atoms. The van der Waals surface area contributed by atoms with Crippen molar-refractivity contribution >= 4 is 11.6 Å². The number of aliphatic hydroxyl groups excluding tert-OH is 1. The minimum Gasteiger partial charge on any atom is -0.392 e. The van der Waals surface area contributed by atoms with E-state index >= 15 is 0 Å². The maximum atomic E-state index is 9.52. The molecule has 2 heterocycles. The second-order valence-corrected chi connectivity index (χ2v) is 6.26. The summed E-state index contributed by atoms with van der Waals surface area (Å²) in [7, 11) is 1.88. The molecule has 0 aliphatic carbocycles. The van der Waals surface area contributed by atoms with E-state index in [0.29, 0.717) is 6.04 Å². The van der Waals surface area contributed by atoms with Crippen LogP contribution in [0.2, 0.25) is 5.15 Å². The Kier molecular flexibility index (Phi) is 5.07. The Morgan fingerprint density at radius 3 is 2.65 bits per heavy atom. The predicted octanol–water partition coefficient (Wildman–Crippen LogP) is 1.27. The molecule has 1 N–H and O–H groups in total. The highest BCUT2D eigenvalue weighted by atomic mass is 35.5. The molecule has 2 atom stereocenters. The van der Waals surface area contributed by atoms with Crippen molar-refractivity contribution in [1.82, 2.24) is 19.6 Å². The minimum atomic E-state index is -0.265. The number of aliphatic hydroxyl groups is 1. The lowest BCUT2D eigenvalue weighted by Crippen LogP contribution is -2.53. The molecular weight excluding hydrogens is 276 g/mol. The van der Waals surface area contributed by atoms with Crippen LogP contribution < -0.4 is 0 Å². The summed E-state index contributed by atoms with van der Waals surface area (Å²) in [4.78, 5) is 4.76. The number of rotatable bonds is 4. The molecule has 1 aliphatic rings. The highest BCUT2D eigenvalue weighted by Crippen LogP contribution is 2.22. The molecule has 0 spiro atoms. The maximum Gasteiger partial charge on any atom is 0.131 e. The summed E-state index contributed by atoms with van der Waals surface area (Å²) in [6, 6.07) is 0.453. The van der Waals surface area contributed by atoms with Gasteiger partial charge in [0.25, 0.3) is 0 Å². The van der Waals surface area contributed by atoms with Gasteiger partial charge >= 0.3 is 0 Å². The summed E-state index contributed by atoms with van der Waals surface area (Å²) in [5, 5.41) is 14.6. The lowest BCUT2D eigenvalue weighted by Gasteiger charge is -2.40. The average Bonchev–Trinajstić information content (AvgIpc) is 2.59. The van der Waals surface area contributed by atoms with E-state index in [-0.39, 0.29) is 6.10 Å². The third-order valence-electron chi connectivity index (χ3n) is 4.00. The van der Waals surface area contributed by atoms with Gasteiger partial charge in [0, 0.05) is 51.4 Å². The van der Waals surface area contributed by atoms with Crippen LogP contribution in [0.15, 0.2) is 0 Å². The molecule has 1 aromatic heterocycles. The summed E-state index contributed by atoms with van der Waals surface area (Å²) >= 11 is 6.30. The largest absolute Gasteiger partial charge is 0.392 e. The maximum absolute atomic E-state index is 9.52. The Hall–Kier alpha value is -0.620. The number of hydrogen-bond acceptors (Lipinski definition) is 4. The predicted molar refractivity (Wildman–Crippen MR) is 80.9 cm³/mol. The molecule has 0 amide bonds. The van der Waals surface area contributed by atoms with Crippen molar-refractivity contribution in [3.05, 3.63) is 16.4 Å². The Morgan fingerprint density at radius 2 is 2.15 bits per heavy atom. The van der Waals surface area contributed by atoms with Gasteiger partial charge in [0.1, 0.15) is 5.15 Å². The van der Waals surface area contributed by atoms with Gasteiger partial charge in [-0.2, -0.15) is 5.10 Å². The molecule has 6 heteroatoms. The van der Waals surface area contributed by atoms with Gasteiger partial charge in [-0.3, -0.25) is 14.5 Å². The van der Waals surface area contributed by atoms with Gasteiger partial charge in [-0.25, -0.2) is 0 Å². The molecule has 1 aliphatic heterocycles. The number of piperazine rings is 1. The topological polar surface area (TPSA) is 44.5 Å². The summed E-state index contributed by atoms with van der Waals surface area (Å²) in [6.07, 6.45) is -0.265. The smallest absolute Gasteiger partial charge is 0.131 e. The van der Waals surface area contributed by atoms with E-state index in [0.717, 1.165) is 49.1 Å². The molecule has 5 nitrogen and oxygen atoms in total. The number of halogens is 1. The van der Waals surface area contributed by atoms with Crippen LogP contribution in [-0.2, 0) is 13.6 Å². The summed E-state index contributed by atoms with van der Waals surface area (Å²) < 4.78 is 1.74. The summed E-state index contributed by atoms with van der Waals surface area (Å²) in [5.74, 6) is 0. The van der Waals surface area contributed by atoms with E-state index in [1.54, 1.807) is 4.68 Å². The molecule has 1 saturated heterocycles. The Morgan fingerprint density at radius 1 is 1.45 bits per heavy atom. The fourth-order valence-electron chi connectivity index (χ4n) is 2.90. The molecule has 0 unspecified atom stereocenters. The monoisotopic (exact) mass is 300 g/mol. The molecule has 1 aromatic rings. The molecule has 114 valence electrons. The number of aryl methyl sites for hydroxylation is 2. The lowest BCUT2D eigenvalue weighted by molar-refractivity contribution is 0.0422. The fourth-order valence-corrected chi connectivity index (χ4v) is 3.14. The molecule has 0 radical (unpaired) electrons. The van der Waals surface area contributed by atoms with E-state index < -0.39 is 0 Å². The van der Waals surface area contributed by atoms with E-state index in [4.69, 9.17) is 11.6 Å². The van der Waals surface area contributed by atoms with Gasteiger partial charge in [-0.15, -0.1) is 0 Å². The van der Waals surface area contributed by atoms with Crippen molar-refractivity contribution in [2.75, 3.05) is 26.2 Å². The zero-order valence-corrected chi connectivity index (χ0v) is 13.6. The molecule has 1 fully saturated rings. The fraction of sp³-hybridized carbons (Fsp3) is 0.786. The van der Waals surface area contributed by atoms with Gasteiger partial charge in [-0.05, 0) is 20.8 Å². The normalized spacial score (nSPS) is 23.2. The van der Waals surface area contributed by atoms with Crippen molar-refractivity contribution in [3.63, 3.8) is 0 Å². The number of β-amino-alcohol motifs (C(OH)–C–C–N with tert-alkyl or cyclic N) is 1. The first-order valence-electron chi connectivity index (χ1n) is 7.21. The second-order valence-electron chi connectivity index (χ2n) is 5.91. The van der Waals surface area contributed by atoms with Crippen LogP contribution in [-0.4, -0.2) is 63.0 Å². The molecular formula is C14H25ClN4O. The quantitative estimate of drug-likeness (QED) is 0.909. The Bertz CT molecular complexity index is 460. The van der Waals surface area contributed by atoms with Gasteiger partial charge < -0.3 is 5.11 Å². The highest BCUT2D eigenvalue weighted by Gasteiger charge is 2.25. The summed E-state index contributed by atoms with van der Waals surface area (Å²) in [6.45, 7) is 10.7. The van der Waals surface area contributed by atoms with E-state index in [1.165, 1.54) is 0 Å². The van der Waals surface area contributed by atoms with E-state index in [9.17, 15) is 5.11 Å². The average molecular weight is 301 g/mol. The van der Waals surface area contributed by atoms with Gasteiger partial charge in [-0.1, -0.05) is 11.6 Å². The van der Waals surface area contributed by atoms with Gasteiger partial charge in [0.05, 0.1) is 11.8 Å². The third-order valence-corrected chi connectivity index (χ3v) is 4.47. The second kappa shape index (κ2) is 6.43.